The monoisotopic (exact) mass is 446 g/mol. The molecule has 3 heteroatoms. The molecule has 2 aliphatic rings. The molecule has 0 aromatic heterocycles. The van der Waals surface area contributed by atoms with Gasteiger partial charge in [0.25, 0.3) is 0 Å². The van der Waals surface area contributed by atoms with Gasteiger partial charge in [0.05, 0.1) is 0 Å². The average Bonchev–Trinajstić information content (AvgIpc) is 3.02. The van der Waals surface area contributed by atoms with Crippen molar-refractivity contribution >= 4 is 28.0 Å². The largest absolute Gasteiger partial charge is 0.147 e. The first-order chi connectivity index (χ1) is 9.94. The molecule has 0 aliphatic heterocycles. The molecular weight excluding hydrogens is 414 g/mol. The van der Waals surface area contributed by atoms with Crippen LogP contribution in [0.1, 0.15) is 68.2 Å². The minimum Gasteiger partial charge on any atom is -0.147 e. The molecule has 0 N–H and O–H groups in total. The Bertz CT molecular complexity index is 437. The molecule has 0 aromatic rings. The van der Waals surface area contributed by atoms with Crippen LogP contribution < -0.4 is 0 Å². The summed E-state index contributed by atoms with van der Waals surface area (Å²) in [5, 5.41) is 0. The van der Waals surface area contributed by atoms with Crippen LogP contribution in [-0.4, -0.2) is 3.21 Å². The quantitative estimate of drug-likeness (QED) is 0.349. The number of rotatable bonds is 0. The Balaban J connectivity index is -0.000000283. The molecule has 0 unspecified atom stereocenters. The fourth-order valence-corrected chi connectivity index (χ4v) is 1.84. The van der Waals surface area contributed by atoms with Crippen molar-refractivity contribution in [1.82, 2.24) is 0 Å². The maximum absolute atomic E-state index is 3.30. The maximum Gasteiger partial charge on any atom is -0.147 e. The molecule has 0 amide bonds. The predicted molar refractivity (Wildman–Crippen MR) is 111 cm³/mol. The first-order valence-electron chi connectivity index (χ1n) is 8.02. The van der Waals surface area contributed by atoms with Crippen LogP contribution in [-0.2, 0) is 24.2 Å². The fraction of sp³-hybridized carbons (Fsp3) is 0.571. The van der Waals surface area contributed by atoms with E-state index in [1.165, 1.54) is 14.4 Å². The van der Waals surface area contributed by atoms with Gasteiger partial charge in [-0.3, -0.25) is 12.2 Å². The van der Waals surface area contributed by atoms with E-state index < -0.39 is 0 Å². The second-order valence-electron chi connectivity index (χ2n) is 7.89. The second-order valence-corrected chi connectivity index (χ2v) is 10.4. The Hall–Kier alpha value is 0.293. The van der Waals surface area contributed by atoms with Crippen molar-refractivity contribution < 1.29 is 24.2 Å². The maximum atomic E-state index is 3.30. The van der Waals surface area contributed by atoms with Gasteiger partial charge in [0, 0.05) is 0 Å². The SMILES string of the molecule is CC(C)(C)C1=[C-]CC=C1.CC(C)(C)C1=[C-]CC=C1.C[C](C)=[Zr+2].Cl.Cl. The molecular formula is C21H34Cl2Zr. The third-order valence-electron chi connectivity index (χ3n) is 3.01. The molecule has 0 atom stereocenters. The van der Waals surface area contributed by atoms with Crippen molar-refractivity contribution in [3.8, 4) is 0 Å². The van der Waals surface area contributed by atoms with Gasteiger partial charge in [-0.1, -0.05) is 41.5 Å². The Labute approximate surface area is 178 Å². The second kappa shape index (κ2) is 13.5. The Morgan fingerprint density at radius 1 is 0.792 bits per heavy atom. The molecule has 0 bridgehead atoms. The zero-order valence-electron chi connectivity index (χ0n) is 16.5. The van der Waals surface area contributed by atoms with Crippen LogP contribution in [0.15, 0.2) is 35.5 Å². The molecule has 136 valence electrons. The van der Waals surface area contributed by atoms with Crippen LogP contribution in [0.4, 0.5) is 0 Å². The summed E-state index contributed by atoms with van der Waals surface area (Å²) in [6, 6.07) is 0. The standard InChI is InChI=1S/2C9H13.C3H6.2ClH.Zr/c2*1-9(2,3)8-6-4-5-7-8;1-3-2;;;/h2*4,6H,5H2,1-3H3;1-2H3;2*1H;/q2*-1;;;;+2. The van der Waals surface area contributed by atoms with E-state index in [9.17, 15) is 0 Å². The summed E-state index contributed by atoms with van der Waals surface area (Å²) in [6.45, 7) is 17.5. The summed E-state index contributed by atoms with van der Waals surface area (Å²) in [4.78, 5) is 0. The predicted octanol–water partition coefficient (Wildman–Crippen LogP) is 7.03. The van der Waals surface area contributed by atoms with E-state index >= 15 is 0 Å². The molecule has 0 saturated heterocycles. The first-order valence-corrected chi connectivity index (χ1v) is 9.25. The molecule has 0 nitrogen and oxygen atoms in total. The van der Waals surface area contributed by atoms with E-state index in [0.717, 1.165) is 12.8 Å². The van der Waals surface area contributed by atoms with Crippen molar-refractivity contribution in [3.05, 3.63) is 47.6 Å². The number of allylic oxidation sites excluding steroid dienone is 8. The van der Waals surface area contributed by atoms with Crippen molar-refractivity contribution in [1.29, 1.82) is 0 Å². The molecule has 2 rings (SSSR count). The topological polar surface area (TPSA) is 0 Å². The van der Waals surface area contributed by atoms with E-state index in [4.69, 9.17) is 0 Å². The Kier molecular flexibility index (Phi) is 16.3. The summed E-state index contributed by atoms with van der Waals surface area (Å²) < 4.78 is 1.51. The minimum absolute atomic E-state index is 0. The van der Waals surface area contributed by atoms with Crippen molar-refractivity contribution in [2.45, 2.75) is 68.2 Å². The average molecular weight is 449 g/mol. The summed E-state index contributed by atoms with van der Waals surface area (Å²) in [5.41, 5.74) is 3.30. The van der Waals surface area contributed by atoms with Crippen LogP contribution in [0, 0.1) is 23.0 Å². The van der Waals surface area contributed by atoms with Crippen LogP contribution in [0.5, 0.6) is 0 Å². The van der Waals surface area contributed by atoms with Gasteiger partial charge in [-0.05, 0) is 10.8 Å². The third-order valence-corrected chi connectivity index (χ3v) is 3.01. The van der Waals surface area contributed by atoms with Gasteiger partial charge in [0.1, 0.15) is 0 Å². The van der Waals surface area contributed by atoms with Crippen molar-refractivity contribution in [3.63, 3.8) is 0 Å². The summed E-state index contributed by atoms with van der Waals surface area (Å²) in [5.74, 6) is 0. The fourth-order valence-electron chi connectivity index (χ4n) is 1.84. The van der Waals surface area contributed by atoms with Gasteiger partial charge in [-0.15, -0.1) is 37.7 Å². The molecule has 2 aliphatic carbocycles. The van der Waals surface area contributed by atoms with Gasteiger partial charge in [-0.25, -0.2) is 23.3 Å². The smallest absolute Gasteiger partial charge is 0.147 e. The van der Waals surface area contributed by atoms with E-state index in [0.29, 0.717) is 10.8 Å². The van der Waals surface area contributed by atoms with E-state index in [2.05, 4.69) is 91.8 Å². The van der Waals surface area contributed by atoms with Crippen molar-refractivity contribution in [2.75, 3.05) is 0 Å². The van der Waals surface area contributed by atoms with Crippen LogP contribution in [0.2, 0.25) is 0 Å². The van der Waals surface area contributed by atoms with E-state index in [-0.39, 0.29) is 24.8 Å². The zero-order chi connectivity index (χ0) is 17.4. The van der Waals surface area contributed by atoms with Crippen LogP contribution >= 0.6 is 24.8 Å². The molecule has 0 heterocycles. The number of halogens is 2. The Morgan fingerprint density at radius 3 is 1.12 bits per heavy atom. The van der Waals surface area contributed by atoms with Gasteiger partial charge in [0.2, 0.25) is 0 Å². The summed E-state index contributed by atoms with van der Waals surface area (Å²) in [6.07, 6.45) is 17.3. The Morgan fingerprint density at radius 2 is 1.04 bits per heavy atom. The van der Waals surface area contributed by atoms with Crippen LogP contribution in [0.25, 0.3) is 0 Å². The minimum atomic E-state index is 0. The molecule has 24 heavy (non-hydrogen) atoms. The number of hydrogen-bond donors (Lipinski definition) is 0. The molecule has 0 aromatic carbocycles. The third kappa shape index (κ3) is 14.6. The zero-order valence-corrected chi connectivity index (χ0v) is 20.6. The number of hydrogen-bond acceptors (Lipinski definition) is 0. The van der Waals surface area contributed by atoms with E-state index in [1.807, 2.05) is 0 Å². The molecule has 0 fully saturated rings. The molecule has 0 radical (unpaired) electrons. The van der Waals surface area contributed by atoms with Gasteiger partial charge in [0.15, 0.2) is 0 Å². The van der Waals surface area contributed by atoms with Gasteiger partial charge in [-0.2, -0.15) is 12.2 Å². The van der Waals surface area contributed by atoms with Gasteiger partial charge >= 0.3 is 41.3 Å². The van der Waals surface area contributed by atoms with Gasteiger partial charge < -0.3 is 0 Å². The summed E-state index contributed by atoms with van der Waals surface area (Å²) >= 11 is 1.55. The van der Waals surface area contributed by atoms with Crippen LogP contribution in [0.3, 0.4) is 0 Å². The van der Waals surface area contributed by atoms with E-state index in [1.54, 1.807) is 24.2 Å². The first kappa shape index (κ1) is 29.1. The summed E-state index contributed by atoms with van der Waals surface area (Å²) in [7, 11) is 0. The molecule has 0 spiro atoms. The van der Waals surface area contributed by atoms with Crippen molar-refractivity contribution in [2.24, 2.45) is 10.8 Å². The normalized spacial score (nSPS) is 14.9. The molecule has 0 saturated carbocycles.